The molecule has 0 atom stereocenters. The predicted molar refractivity (Wildman–Crippen MR) is 156 cm³/mol. The Morgan fingerprint density at radius 2 is 1.77 bits per heavy atom. The van der Waals surface area contributed by atoms with Crippen molar-refractivity contribution < 1.29 is 18.7 Å². The fourth-order valence-electron chi connectivity index (χ4n) is 5.86. The van der Waals surface area contributed by atoms with E-state index in [1.54, 1.807) is 18.2 Å². The molecular formula is C32H33Cl2F2NO2. The van der Waals surface area contributed by atoms with Crippen molar-refractivity contribution in [2.24, 2.45) is 5.92 Å². The van der Waals surface area contributed by atoms with Crippen LogP contribution in [0.5, 0.6) is 0 Å². The Labute approximate surface area is 239 Å². The van der Waals surface area contributed by atoms with E-state index in [-0.39, 0.29) is 30.5 Å². The van der Waals surface area contributed by atoms with E-state index >= 15 is 4.39 Å². The first-order valence-electron chi connectivity index (χ1n) is 13.3. The SMILES string of the molecule is Cc1ccc(C2=C(c3ccc(CC4CN(CCCF)C4)cc3F)c3ccc(C(=O)O)cc3CCC2)c(Cl)c1.Cl. The monoisotopic (exact) mass is 571 g/mol. The second-order valence-electron chi connectivity index (χ2n) is 10.6. The summed E-state index contributed by atoms with van der Waals surface area (Å²) in [6.07, 6.45) is 3.56. The molecule has 2 aliphatic rings. The lowest BCUT2D eigenvalue weighted by Gasteiger charge is -2.39. The highest BCUT2D eigenvalue weighted by Gasteiger charge is 2.28. The van der Waals surface area contributed by atoms with Gasteiger partial charge in [-0.3, -0.25) is 4.39 Å². The number of allylic oxidation sites excluding steroid dienone is 1. The molecule has 3 nitrogen and oxygen atoms in total. The summed E-state index contributed by atoms with van der Waals surface area (Å²) in [5.74, 6) is -0.810. The molecule has 1 fully saturated rings. The van der Waals surface area contributed by atoms with Gasteiger partial charge in [0.05, 0.1) is 12.2 Å². The third-order valence-corrected chi connectivity index (χ3v) is 8.03. The number of aryl methyl sites for hydroxylation is 2. The van der Waals surface area contributed by atoms with Crippen molar-refractivity contribution in [3.05, 3.63) is 104 Å². The smallest absolute Gasteiger partial charge is 0.335 e. The summed E-state index contributed by atoms with van der Waals surface area (Å²) in [5.41, 5.74) is 7.15. The molecule has 39 heavy (non-hydrogen) atoms. The minimum absolute atomic E-state index is 0. The minimum Gasteiger partial charge on any atom is -0.478 e. The van der Waals surface area contributed by atoms with Gasteiger partial charge in [-0.2, -0.15) is 0 Å². The van der Waals surface area contributed by atoms with E-state index in [1.807, 2.05) is 43.3 Å². The van der Waals surface area contributed by atoms with Gasteiger partial charge < -0.3 is 10.0 Å². The van der Waals surface area contributed by atoms with Crippen molar-refractivity contribution >= 4 is 41.1 Å². The van der Waals surface area contributed by atoms with E-state index in [4.69, 9.17) is 11.6 Å². The number of hydrogen-bond donors (Lipinski definition) is 1. The molecule has 0 aromatic heterocycles. The highest BCUT2D eigenvalue weighted by Crippen LogP contribution is 2.43. The van der Waals surface area contributed by atoms with Crippen LogP contribution in [0.25, 0.3) is 11.1 Å². The average molecular weight is 573 g/mol. The first kappa shape index (κ1) is 29.3. The number of carboxylic acid groups (broad SMARTS) is 1. The van der Waals surface area contributed by atoms with Crippen LogP contribution in [0.15, 0.2) is 54.6 Å². The first-order chi connectivity index (χ1) is 18.3. The second kappa shape index (κ2) is 12.6. The minimum atomic E-state index is -0.973. The number of carbonyl (C=O) groups is 1. The van der Waals surface area contributed by atoms with Gasteiger partial charge in [0.25, 0.3) is 0 Å². The first-order valence-corrected chi connectivity index (χ1v) is 13.6. The van der Waals surface area contributed by atoms with E-state index in [1.165, 1.54) is 0 Å². The van der Waals surface area contributed by atoms with Gasteiger partial charge in [-0.05, 0) is 108 Å². The van der Waals surface area contributed by atoms with E-state index in [9.17, 15) is 14.3 Å². The summed E-state index contributed by atoms with van der Waals surface area (Å²) in [7, 11) is 0. The lowest BCUT2D eigenvalue weighted by atomic mass is 9.85. The van der Waals surface area contributed by atoms with Crippen LogP contribution >= 0.6 is 24.0 Å². The Balaban J connectivity index is 0.00000353. The summed E-state index contributed by atoms with van der Waals surface area (Å²) in [6.45, 7) is 4.32. The van der Waals surface area contributed by atoms with E-state index in [2.05, 4.69) is 4.90 Å². The number of nitrogens with zero attached hydrogens (tertiary/aromatic N) is 1. The number of hydrogen-bond acceptors (Lipinski definition) is 2. The van der Waals surface area contributed by atoms with Crippen molar-refractivity contribution in [1.82, 2.24) is 4.90 Å². The number of alkyl halides is 1. The highest BCUT2D eigenvalue weighted by atomic mass is 35.5. The van der Waals surface area contributed by atoms with Gasteiger partial charge in [-0.1, -0.05) is 41.9 Å². The molecule has 1 saturated heterocycles. The summed E-state index contributed by atoms with van der Waals surface area (Å²) in [6, 6.07) is 16.6. The van der Waals surface area contributed by atoms with Crippen LogP contribution in [0.1, 0.15) is 63.0 Å². The normalized spacial score (nSPS) is 15.8. The topological polar surface area (TPSA) is 40.5 Å². The van der Waals surface area contributed by atoms with Crippen molar-refractivity contribution in [2.75, 3.05) is 26.3 Å². The van der Waals surface area contributed by atoms with Gasteiger partial charge in [-0.25, -0.2) is 9.18 Å². The maximum absolute atomic E-state index is 15.9. The number of rotatable bonds is 8. The standard InChI is InChI=1S/C32H32ClF2NO2.ClH/c1-20-6-9-26(29(33)14-20)27-5-2-4-23-17-24(32(37)38)8-11-25(23)31(27)28-10-7-21(16-30(28)35)15-22-18-36(19-22)13-3-12-34;/h6-11,14,16-17,22H,2-5,12-13,15,18-19H2,1H3,(H,37,38);1H. The molecule has 0 unspecified atom stereocenters. The van der Waals surface area contributed by atoms with Crippen LogP contribution in [0.3, 0.4) is 0 Å². The van der Waals surface area contributed by atoms with Gasteiger partial charge in [0.1, 0.15) is 5.82 Å². The molecular weight excluding hydrogens is 539 g/mol. The molecule has 3 aromatic rings. The fraction of sp³-hybridized carbons (Fsp3) is 0.344. The zero-order chi connectivity index (χ0) is 26.8. The molecule has 0 saturated carbocycles. The summed E-state index contributed by atoms with van der Waals surface area (Å²) < 4.78 is 28.4. The second-order valence-corrected chi connectivity index (χ2v) is 11.0. The average Bonchev–Trinajstić information content (AvgIpc) is 3.04. The summed E-state index contributed by atoms with van der Waals surface area (Å²) in [4.78, 5) is 13.9. The maximum atomic E-state index is 15.9. The molecule has 7 heteroatoms. The van der Waals surface area contributed by atoms with Crippen LogP contribution < -0.4 is 0 Å². The molecule has 5 rings (SSSR count). The zero-order valence-corrected chi connectivity index (χ0v) is 23.6. The van der Waals surface area contributed by atoms with Gasteiger partial charge in [-0.15, -0.1) is 12.4 Å². The van der Waals surface area contributed by atoms with E-state index < -0.39 is 5.97 Å². The zero-order valence-electron chi connectivity index (χ0n) is 22.0. The van der Waals surface area contributed by atoms with Crippen LogP contribution in [0.4, 0.5) is 8.78 Å². The van der Waals surface area contributed by atoms with Gasteiger partial charge in [0, 0.05) is 30.2 Å². The van der Waals surface area contributed by atoms with Crippen LogP contribution in [0.2, 0.25) is 5.02 Å². The molecule has 1 heterocycles. The molecule has 1 N–H and O–H groups in total. The van der Waals surface area contributed by atoms with E-state index in [0.29, 0.717) is 35.8 Å². The summed E-state index contributed by atoms with van der Waals surface area (Å²) >= 11 is 6.72. The summed E-state index contributed by atoms with van der Waals surface area (Å²) in [5, 5.41) is 10.2. The number of fused-ring (bicyclic) bond motifs is 1. The number of carboxylic acids is 1. The fourth-order valence-corrected chi connectivity index (χ4v) is 6.21. The number of benzene rings is 3. The Hall–Kier alpha value is -2.73. The van der Waals surface area contributed by atoms with Crippen LogP contribution in [-0.4, -0.2) is 42.3 Å². The van der Waals surface area contributed by atoms with E-state index in [0.717, 1.165) is 71.4 Å². The molecule has 3 aromatic carbocycles. The van der Waals surface area contributed by atoms with Crippen molar-refractivity contribution in [3.8, 4) is 0 Å². The Kier molecular flexibility index (Phi) is 9.47. The third kappa shape index (κ3) is 6.37. The molecule has 0 bridgehead atoms. The number of halogens is 4. The van der Waals surface area contributed by atoms with Crippen molar-refractivity contribution in [2.45, 2.75) is 39.0 Å². The van der Waals surface area contributed by atoms with Crippen LogP contribution in [-0.2, 0) is 12.8 Å². The molecule has 0 radical (unpaired) electrons. The number of aromatic carboxylic acids is 1. The Bertz CT molecular complexity index is 1400. The third-order valence-electron chi connectivity index (χ3n) is 7.71. The maximum Gasteiger partial charge on any atom is 0.335 e. The number of likely N-dealkylation sites (tertiary alicyclic amines) is 1. The van der Waals surface area contributed by atoms with Crippen molar-refractivity contribution in [3.63, 3.8) is 0 Å². The quantitative estimate of drug-likeness (QED) is 0.297. The molecule has 0 spiro atoms. The Morgan fingerprint density at radius 3 is 2.46 bits per heavy atom. The van der Waals surface area contributed by atoms with Crippen LogP contribution in [0, 0.1) is 18.7 Å². The lowest BCUT2D eigenvalue weighted by Crippen LogP contribution is -2.47. The molecule has 0 amide bonds. The highest BCUT2D eigenvalue weighted by molar-refractivity contribution is 6.33. The van der Waals surface area contributed by atoms with Gasteiger partial charge in [0.2, 0.25) is 0 Å². The van der Waals surface area contributed by atoms with Gasteiger partial charge >= 0.3 is 5.97 Å². The molecule has 1 aliphatic carbocycles. The Morgan fingerprint density at radius 1 is 1.03 bits per heavy atom. The largest absolute Gasteiger partial charge is 0.478 e. The van der Waals surface area contributed by atoms with Gasteiger partial charge in [0.15, 0.2) is 0 Å². The predicted octanol–water partition coefficient (Wildman–Crippen LogP) is 8.04. The molecule has 1 aliphatic heterocycles. The van der Waals surface area contributed by atoms with Crippen molar-refractivity contribution in [1.29, 1.82) is 0 Å². The lowest BCUT2D eigenvalue weighted by molar-refractivity contribution is 0.0696. The molecule has 206 valence electrons.